The molecule has 20 heavy (non-hydrogen) atoms. The molecule has 8 heteroatoms. The molecule has 3 rings (SSSR count). The molecule has 1 N–H and O–H groups in total. The lowest BCUT2D eigenvalue weighted by Crippen LogP contribution is -2.64. The van der Waals surface area contributed by atoms with Crippen LogP contribution in [0.5, 0.6) is 0 Å². The second kappa shape index (κ2) is 4.19. The van der Waals surface area contributed by atoms with E-state index in [0.717, 1.165) is 17.1 Å². The predicted molar refractivity (Wildman–Crippen MR) is 62.7 cm³/mol. The Morgan fingerprint density at radius 2 is 1.65 bits per heavy atom. The fraction of sp³-hybridized carbons (Fsp3) is 0.500. The number of hydrogen-bond donors (Lipinski definition) is 1. The highest BCUT2D eigenvalue weighted by molar-refractivity contribution is 7.89. The molecule has 2 aliphatic rings. The minimum absolute atomic E-state index is 0.0526. The van der Waals surface area contributed by atoms with E-state index >= 15 is 0 Å². The van der Waals surface area contributed by atoms with Gasteiger partial charge in [0.1, 0.15) is 17.5 Å². The zero-order chi connectivity index (χ0) is 14.7. The molecule has 0 unspecified atom stereocenters. The maximum Gasteiger partial charge on any atom is 0.249 e. The topological polar surface area (TPSA) is 57.6 Å². The third kappa shape index (κ3) is 2.02. The monoisotopic (exact) mass is 307 g/mol. The summed E-state index contributed by atoms with van der Waals surface area (Å²) in [6.07, 6.45) is 1.65. The number of rotatable bonds is 3. The highest BCUT2D eigenvalue weighted by Crippen LogP contribution is 2.46. The van der Waals surface area contributed by atoms with E-state index in [0.29, 0.717) is 12.1 Å². The largest absolute Gasteiger partial charge is 0.387 e. The third-order valence-corrected chi connectivity index (χ3v) is 5.64. The molecule has 0 amide bonds. The first-order valence-electron chi connectivity index (χ1n) is 6.11. The van der Waals surface area contributed by atoms with Crippen LogP contribution in [-0.4, -0.2) is 36.5 Å². The van der Waals surface area contributed by atoms with E-state index < -0.39 is 38.0 Å². The van der Waals surface area contributed by atoms with Gasteiger partial charge in [-0.25, -0.2) is 21.6 Å². The molecular formula is C12H12F3NO3S. The second-order valence-electron chi connectivity index (χ2n) is 5.35. The number of sulfonamides is 1. The predicted octanol–water partition coefficient (Wildman–Crippen LogP) is 1.25. The van der Waals surface area contributed by atoms with Crippen molar-refractivity contribution in [3.05, 3.63) is 29.6 Å². The Kier molecular flexibility index (Phi) is 2.90. The molecule has 4 nitrogen and oxygen atoms in total. The fourth-order valence-corrected chi connectivity index (χ4v) is 4.17. The van der Waals surface area contributed by atoms with Crippen LogP contribution in [0.25, 0.3) is 0 Å². The summed E-state index contributed by atoms with van der Waals surface area (Å²) in [5.74, 6) is -4.07. The Hall–Kier alpha value is -1.12. The highest BCUT2D eigenvalue weighted by Gasteiger charge is 2.55. The smallest absolute Gasteiger partial charge is 0.249 e. The first kappa shape index (κ1) is 13.8. The molecule has 0 radical (unpaired) electrons. The first-order chi connectivity index (χ1) is 9.24. The first-order valence-corrected chi connectivity index (χ1v) is 7.55. The molecule has 0 aromatic heterocycles. The molecule has 1 saturated carbocycles. The molecule has 1 saturated heterocycles. The summed E-state index contributed by atoms with van der Waals surface area (Å²) in [5, 5.41) is 10.1. The van der Waals surface area contributed by atoms with Gasteiger partial charge in [0.25, 0.3) is 0 Å². The van der Waals surface area contributed by atoms with Crippen molar-refractivity contribution in [2.24, 2.45) is 5.92 Å². The van der Waals surface area contributed by atoms with Crippen molar-refractivity contribution in [1.29, 1.82) is 0 Å². The Morgan fingerprint density at radius 1 is 1.15 bits per heavy atom. The number of β-amino-alcohol motifs (C(OH)–C–C–N with tert-alkyl or cyclic N) is 1. The van der Waals surface area contributed by atoms with Gasteiger partial charge in [0, 0.05) is 25.2 Å². The van der Waals surface area contributed by atoms with Gasteiger partial charge >= 0.3 is 0 Å². The van der Waals surface area contributed by atoms with Gasteiger partial charge in [0.15, 0.2) is 4.90 Å². The Labute approximate surface area is 113 Å². The Balaban J connectivity index is 1.90. The van der Waals surface area contributed by atoms with Gasteiger partial charge < -0.3 is 5.11 Å². The third-order valence-electron chi connectivity index (χ3n) is 3.80. The van der Waals surface area contributed by atoms with Crippen molar-refractivity contribution >= 4 is 10.0 Å². The summed E-state index contributed by atoms with van der Waals surface area (Å²) in [6, 6.07) is 0.645. The maximum atomic E-state index is 13.5. The summed E-state index contributed by atoms with van der Waals surface area (Å²) < 4.78 is 64.9. The SMILES string of the molecule is O=S(=O)(c1c(F)cc(F)cc1F)N1CC(O)(C2CC2)C1. The van der Waals surface area contributed by atoms with Crippen molar-refractivity contribution in [3.8, 4) is 0 Å². The molecule has 110 valence electrons. The zero-order valence-corrected chi connectivity index (χ0v) is 11.1. The molecule has 0 bridgehead atoms. The molecule has 1 aliphatic heterocycles. The molecule has 1 aromatic rings. The minimum Gasteiger partial charge on any atom is -0.387 e. The van der Waals surface area contributed by atoms with Gasteiger partial charge in [-0.15, -0.1) is 0 Å². The van der Waals surface area contributed by atoms with E-state index in [4.69, 9.17) is 0 Å². The minimum atomic E-state index is -4.40. The van der Waals surface area contributed by atoms with E-state index in [9.17, 15) is 26.7 Å². The average Bonchev–Trinajstić information content (AvgIpc) is 3.06. The maximum absolute atomic E-state index is 13.5. The van der Waals surface area contributed by atoms with Crippen LogP contribution in [0.4, 0.5) is 13.2 Å². The second-order valence-corrected chi connectivity index (χ2v) is 7.22. The van der Waals surface area contributed by atoms with Crippen LogP contribution in [-0.2, 0) is 10.0 Å². The fourth-order valence-electron chi connectivity index (χ4n) is 2.52. The molecule has 1 aliphatic carbocycles. The molecule has 0 spiro atoms. The van der Waals surface area contributed by atoms with Crippen molar-refractivity contribution in [2.75, 3.05) is 13.1 Å². The van der Waals surface area contributed by atoms with Crippen molar-refractivity contribution in [3.63, 3.8) is 0 Å². The van der Waals surface area contributed by atoms with Crippen LogP contribution in [0.3, 0.4) is 0 Å². The Morgan fingerprint density at radius 3 is 2.10 bits per heavy atom. The van der Waals surface area contributed by atoms with Crippen LogP contribution >= 0.6 is 0 Å². The van der Waals surface area contributed by atoms with Crippen molar-refractivity contribution < 1.29 is 26.7 Å². The standard InChI is InChI=1S/C12H12F3NO3S/c13-8-3-9(14)11(10(15)4-8)20(18,19)16-5-12(17,6-16)7-1-2-7/h3-4,7,17H,1-2,5-6H2. The van der Waals surface area contributed by atoms with Crippen LogP contribution in [0.15, 0.2) is 17.0 Å². The lowest BCUT2D eigenvalue weighted by atomic mass is 9.91. The van der Waals surface area contributed by atoms with Gasteiger partial charge in [-0.2, -0.15) is 4.31 Å². The van der Waals surface area contributed by atoms with Crippen molar-refractivity contribution in [1.82, 2.24) is 4.31 Å². The molecule has 1 aromatic carbocycles. The highest BCUT2D eigenvalue weighted by atomic mass is 32.2. The zero-order valence-electron chi connectivity index (χ0n) is 10.3. The number of benzene rings is 1. The summed E-state index contributed by atoms with van der Waals surface area (Å²) in [4.78, 5) is -1.17. The van der Waals surface area contributed by atoms with Gasteiger partial charge in [-0.3, -0.25) is 0 Å². The van der Waals surface area contributed by atoms with E-state index in [1.165, 1.54) is 0 Å². The Bertz CT molecular complexity index is 644. The van der Waals surface area contributed by atoms with E-state index in [2.05, 4.69) is 0 Å². The number of hydrogen-bond acceptors (Lipinski definition) is 3. The number of nitrogens with zero attached hydrogens (tertiary/aromatic N) is 1. The average molecular weight is 307 g/mol. The quantitative estimate of drug-likeness (QED) is 0.914. The van der Waals surface area contributed by atoms with Crippen LogP contribution in [0.2, 0.25) is 0 Å². The van der Waals surface area contributed by atoms with Gasteiger partial charge in [-0.1, -0.05) is 0 Å². The molecular weight excluding hydrogens is 295 g/mol. The van der Waals surface area contributed by atoms with Gasteiger partial charge in [-0.05, 0) is 18.8 Å². The molecule has 1 heterocycles. The van der Waals surface area contributed by atoms with Crippen LogP contribution in [0, 0.1) is 23.4 Å². The molecule has 2 fully saturated rings. The van der Waals surface area contributed by atoms with Gasteiger partial charge in [0.2, 0.25) is 10.0 Å². The van der Waals surface area contributed by atoms with Crippen LogP contribution in [0.1, 0.15) is 12.8 Å². The summed E-state index contributed by atoms with van der Waals surface area (Å²) in [7, 11) is -4.40. The van der Waals surface area contributed by atoms with Gasteiger partial charge in [0.05, 0.1) is 5.60 Å². The summed E-state index contributed by atoms with van der Waals surface area (Å²) in [6.45, 7) is -0.369. The lowest BCUT2D eigenvalue weighted by Gasteiger charge is -2.45. The summed E-state index contributed by atoms with van der Waals surface area (Å²) in [5.41, 5.74) is -1.10. The van der Waals surface area contributed by atoms with Crippen LogP contribution < -0.4 is 0 Å². The normalized spacial score (nSPS) is 22.6. The van der Waals surface area contributed by atoms with Crippen molar-refractivity contribution in [2.45, 2.75) is 23.3 Å². The number of halogens is 3. The lowest BCUT2D eigenvalue weighted by molar-refractivity contribution is -0.0766. The molecule has 0 atom stereocenters. The van der Waals surface area contributed by atoms with E-state index in [-0.39, 0.29) is 19.0 Å². The van der Waals surface area contributed by atoms with E-state index in [1.54, 1.807) is 0 Å². The van der Waals surface area contributed by atoms with E-state index in [1.807, 2.05) is 0 Å². The number of aliphatic hydroxyl groups is 1. The summed E-state index contributed by atoms with van der Waals surface area (Å²) >= 11 is 0.